The van der Waals surface area contributed by atoms with E-state index in [2.05, 4.69) is 5.32 Å². The zero-order valence-corrected chi connectivity index (χ0v) is 20.6. The van der Waals surface area contributed by atoms with Crippen LogP contribution in [0.25, 0.3) is 0 Å². The zero-order valence-electron chi connectivity index (χ0n) is 18.3. The van der Waals surface area contributed by atoms with Gasteiger partial charge in [0.1, 0.15) is 17.2 Å². The lowest BCUT2D eigenvalue weighted by Crippen LogP contribution is -2.33. The van der Waals surface area contributed by atoms with Gasteiger partial charge in [0.2, 0.25) is 0 Å². The molecule has 2 aromatic carbocycles. The first-order valence-corrected chi connectivity index (χ1v) is 12.9. The molecule has 0 aromatic heterocycles. The van der Waals surface area contributed by atoms with Crippen LogP contribution < -0.4 is 5.32 Å². The van der Waals surface area contributed by atoms with Gasteiger partial charge < -0.3 is 15.2 Å². The summed E-state index contributed by atoms with van der Waals surface area (Å²) in [5.74, 6) is -1.57. The van der Waals surface area contributed by atoms with Crippen LogP contribution in [0, 0.1) is 23.0 Å². The lowest BCUT2D eigenvalue weighted by molar-refractivity contribution is 0.0425. The van der Waals surface area contributed by atoms with Gasteiger partial charge in [-0.15, -0.1) is 0 Å². The number of ether oxygens (including phenoxy) is 1. The van der Waals surface area contributed by atoms with Crippen LogP contribution in [0.1, 0.15) is 37.7 Å². The Hall–Kier alpha value is -2.45. The smallest absolute Gasteiger partial charge is 0.405 e. The Morgan fingerprint density at radius 3 is 2.34 bits per heavy atom. The number of nitriles is 1. The number of benzene rings is 2. The number of hydrogen-bond acceptors (Lipinski definition) is 5. The molecule has 4 rings (SSSR count). The normalized spacial score (nSPS) is 20.3. The lowest BCUT2D eigenvalue weighted by atomic mass is 10.2. The summed E-state index contributed by atoms with van der Waals surface area (Å²) in [7, 11) is -3.58. The van der Waals surface area contributed by atoms with E-state index in [0.717, 1.165) is 12.1 Å². The molecule has 1 amide bonds. The van der Waals surface area contributed by atoms with Gasteiger partial charge in [-0.1, -0.05) is 35.3 Å². The average molecular weight is 547 g/mol. The molecule has 0 bridgehead atoms. The third kappa shape index (κ3) is 6.82. The quantitative estimate of drug-likeness (QED) is 0.494. The van der Waals surface area contributed by atoms with Crippen molar-refractivity contribution in [2.75, 3.05) is 0 Å². The molecular weight excluding hydrogens is 525 g/mol. The zero-order chi connectivity index (χ0) is 25.8. The van der Waals surface area contributed by atoms with Crippen LogP contribution in [0.2, 0.25) is 10.0 Å². The summed E-state index contributed by atoms with van der Waals surface area (Å²) in [6.45, 7) is -0.279. The molecule has 2 aliphatic rings. The van der Waals surface area contributed by atoms with Crippen LogP contribution in [0.5, 0.6) is 0 Å². The first-order chi connectivity index (χ1) is 16.5. The minimum absolute atomic E-state index is 0.0319. The van der Waals surface area contributed by atoms with Crippen molar-refractivity contribution in [3.05, 3.63) is 63.6 Å². The van der Waals surface area contributed by atoms with Gasteiger partial charge in [-0.05, 0) is 56.4 Å². The Labute approximate surface area is 211 Å². The first-order valence-electron chi connectivity index (χ1n) is 10.6. The second-order valence-corrected chi connectivity index (χ2v) is 11.4. The maximum absolute atomic E-state index is 13.8. The number of carbonyl (C=O) groups is 1. The molecule has 188 valence electrons. The molecular formula is C23H22Cl2F2N2O5S. The fraction of sp³-hybridized carbons (Fsp3) is 0.391. The Morgan fingerprint density at radius 2 is 1.83 bits per heavy atom. The van der Waals surface area contributed by atoms with Crippen molar-refractivity contribution >= 4 is 39.1 Å². The van der Waals surface area contributed by atoms with E-state index in [4.69, 9.17) is 38.3 Å². The topological polar surface area (TPSA) is 116 Å². The van der Waals surface area contributed by atoms with Crippen molar-refractivity contribution in [1.82, 2.24) is 5.32 Å². The third-order valence-electron chi connectivity index (χ3n) is 5.80. The molecule has 0 heterocycles. The van der Waals surface area contributed by atoms with E-state index in [1.807, 2.05) is 6.07 Å². The molecule has 2 fully saturated rings. The molecule has 12 heteroatoms. The standard InChI is InChI=1S/C18H16Cl2F2O3S.C5H6N2O2/c19-11-7-16(21)14(17(22)8-11)10-25-12-5-6-13(9-12)26(23,24)18-4-2-1-3-15(18)20;6-3-5(1-2-5)7-4(8)9/h1-4,7-8,12-13H,5-6,9-10H2;7H,1-2H2,(H,8,9)/t12-,13-;/m1./s1. The van der Waals surface area contributed by atoms with E-state index < -0.39 is 44.5 Å². The summed E-state index contributed by atoms with van der Waals surface area (Å²) in [6, 6.07) is 10.2. The van der Waals surface area contributed by atoms with E-state index >= 15 is 0 Å². The minimum atomic E-state index is -3.58. The number of carboxylic acid groups (broad SMARTS) is 1. The summed E-state index contributed by atoms with van der Waals surface area (Å²) >= 11 is 11.6. The number of rotatable bonds is 6. The highest BCUT2D eigenvalue weighted by Crippen LogP contribution is 2.35. The number of sulfone groups is 1. The highest BCUT2D eigenvalue weighted by atomic mass is 35.5. The molecule has 2 aromatic rings. The molecule has 0 unspecified atom stereocenters. The van der Waals surface area contributed by atoms with Gasteiger partial charge in [-0.2, -0.15) is 5.26 Å². The van der Waals surface area contributed by atoms with Gasteiger partial charge >= 0.3 is 6.09 Å². The van der Waals surface area contributed by atoms with Gasteiger partial charge in [0, 0.05) is 10.6 Å². The van der Waals surface area contributed by atoms with Crippen molar-refractivity contribution in [1.29, 1.82) is 5.26 Å². The van der Waals surface area contributed by atoms with Crippen molar-refractivity contribution in [2.24, 2.45) is 0 Å². The van der Waals surface area contributed by atoms with E-state index in [1.54, 1.807) is 12.1 Å². The second kappa shape index (κ2) is 11.1. The van der Waals surface area contributed by atoms with Crippen LogP contribution in [-0.2, 0) is 21.2 Å². The number of halogens is 4. The minimum Gasteiger partial charge on any atom is -0.465 e. The summed E-state index contributed by atoms with van der Waals surface area (Å²) in [4.78, 5) is 10.1. The van der Waals surface area contributed by atoms with E-state index in [9.17, 15) is 22.0 Å². The molecule has 2 atom stereocenters. The number of hydrogen-bond donors (Lipinski definition) is 2. The Bertz CT molecular complexity index is 1230. The fourth-order valence-corrected chi connectivity index (χ4v) is 6.23. The van der Waals surface area contributed by atoms with Gasteiger partial charge in [-0.25, -0.2) is 22.0 Å². The molecule has 2 N–H and O–H groups in total. The highest BCUT2D eigenvalue weighted by molar-refractivity contribution is 7.92. The molecule has 0 aliphatic heterocycles. The van der Waals surface area contributed by atoms with Crippen molar-refractivity contribution in [2.45, 2.75) is 60.5 Å². The van der Waals surface area contributed by atoms with Gasteiger partial charge in [0.25, 0.3) is 0 Å². The Balaban J connectivity index is 0.000000320. The maximum atomic E-state index is 13.8. The van der Waals surface area contributed by atoms with E-state index in [1.165, 1.54) is 12.1 Å². The van der Waals surface area contributed by atoms with Crippen LogP contribution >= 0.6 is 23.2 Å². The monoisotopic (exact) mass is 546 g/mol. The number of nitrogens with one attached hydrogen (secondary N) is 1. The van der Waals surface area contributed by atoms with Crippen LogP contribution in [0.4, 0.5) is 13.6 Å². The molecule has 7 nitrogen and oxygen atoms in total. The Kier molecular flexibility index (Phi) is 8.59. The van der Waals surface area contributed by atoms with E-state index in [-0.39, 0.29) is 33.5 Å². The van der Waals surface area contributed by atoms with Crippen LogP contribution in [0.3, 0.4) is 0 Å². The Morgan fingerprint density at radius 1 is 1.20 bits per heavy atom. The molecule has 35 heavy (non-hydrogen) atoms. The molecule has 0 spiro atoms. The lowest BCUT2D eigenvalue weighted by Gasteiger charge is -2.15. The number of amides is 1. The highest BCUT2D eigenvalue weighted by Gasteiger charge is 2.44. The molecule has 2 aliphatic carbocycles. The van der Waals surface area contributed by atoms with E-state index in [0.29, 0.717) is 25.7 Å². The largest absolute Gasteiger partial charge is 0.465 e. The predicted octanol–water partition coefficient (Wildman–Crippen LogP) is 5.49. The number of nitrogens with zero attached hydrogens (tertiary/aromatic N) is 1. The molecule has 0 radical (unpaired) electrons. The van der Waals surface area contributed by atoms with Crippen molar-refractivity contribution in [3.8, 4) is 6.07 Å². The summed E-state index contributed by atoms with van der Waals surface area (Å²) in [6.07, 6.45) is 0.936. The van der Waals surface area contributed by atoms with Crippen LogP contribution in [0.15, 0.2) is 41.3 Å². The summed E-state index contributed by atoms with van der Waals surface area (Å²) in [5, 5.41) is 18.1. The van der Waals surface area contributed by atoms with Crippen molar-refractivity contribution in [3.63, 3.8) is 0 Å². The molecule has 0 saturated heterocycles. The maximum Gasteiger partial charge on any atom is 0.405 e. The first kappa shape index (κ1) is 27.1. The van der Waals surface area contributed by atoms with Gasteiger partial charge in [-0.3, -0.25) is 0 Å². The SMILES string of the molecule is N#CC1(NC(=O)O)CC1.O=S(=O)(c1ccccc1Cl)[C@@H]1CC[C@@H](OCc2c(F)cc(Cl)cc2F)C1. The third-order valence-corrected chi connectivity index (χ3v) is 8.73. The predicted molar refractivity (Wildman–Crippen MR) is 125 cm³/mol. The second-order valence-electron chi connectivity index (χ2n) is 8.32. The summed E-state index contributed by atoms with van der Waals surface area (Å²) in [5.41, 5.74) is -0.946. The van der Waals surface area contributed by atoms with Gasteiger partial charge in [0.05, 0.1) is 33.9 Å². The van der Waals surface area contributed by atoms with Crippen LogP contribution in [-0.4, -0.2) is 36.5 Å². The van der Waals surface area contributed by atoms with Gasteiger partial charge in [0.15, 0.2) is 9.84 Å². The summed E-state index contributed by atoms with van der Waals surface area (Å²) < 4.78 is 58.7. The van der Waals surface area contributed by atoms with Crippen molar-refractivity contribution < 1.29 is 31.8 Å². The fourth-order valence-electron chi connectivity index (χ4n) is 3.69. The molecule has 2 saturated carbocycles. The average Bonchev–Trinajstić information content (AvgIpc) is 3.37.